The highest BCUT2D eigenvalue weighted by Crippen LogP contribution is 2.12. The Bertz CT molecular complexity index is 524. The molecule has 1 rings (SSSR count). The minimum atomic E-state index is -0.960. The average Bonchev–Trinajstić information content (AvgIpc) is 2.45. The fraction of sp³-hybridized carbons (Fsp3) is 0.588. The van der Waals surface area contributed by atoms with Crippen LogP contribution in [0.15, 0.2) is 24.3 Å². The highest BCUT2D eigenvalue weighted by Gasteiger charge is 2.19. The van der Waals surface area contributed by atoms with Crippen LogP contribution in [0.1, 0.15) is 39.7 Å². The zero-order chi connectivity index (χ0) is 17.5. The fourth-order valence-electron chi connectivity index (χ4n) is 1.96. The van der Waals surface area contributed by atoms with Crippen molar-refractivity contribution < 1.29 is 14.1 Å². The van der Waals surface area contributed by atoms with Gasteiger partial charge < -0.3 is 15.7 Å². The lowest BCUT2D eigenvalue weighted by molar-refractivity contribution is 0.238. The maximum atomic E-state index is 11.9. The first kappa shape index (κ1) is 19.5. The number of benzene rings is 1. The molecule has 0 radical (unpaired) electrons. The van der Waals surface area contributed by atoms with E-state index in [-0.39, 0.29) is 22.6 Å². The van der Waals surface area contributed by atoms with E-state index in [1.54, 1.807) is 12.1 Å². The molecule has 5 nitrogen and oxygen atoms in total. The van der Waals surface area contributed by atoms with Gasteiger partial charge in [-0.2, -0.15) is 0 Å². The van der Waals surface area contributed by atoms with Crippen molar-refractivity contribution in [2.45, 2.75) is 51.3 Å². The van der Waals surface area contributed by atoms with E-state index in [4.69, 9.17) is 0 Å². The number of carbonyl (C=O) groups excluding carboxylic acids is 1. The van der Waals surface area contributed by atoms with E-state index in [2.05, 4.69) is 10.6 Å². The first-order chi connectivity index (χ1) is 10.7. The van der Waals surface area contributed by atoms with Gasteiger partial charge in [0.05, 0.1) is 0 Å². The van der Waals surface area contributed by atoms with Crippen LogP contribution in [-0.2, 0) is 17.2 Å². The Balaban J connectivity index is 2.23. The van der Waals surface area contributed by atoms with Crippen molar-refractivity contribution >= 4 is 16.8 Å². The molecule has 0 saturated heterocycles. The molecule has 0 bridgehead atoms. The molecule has 2 atom stereocenters. The SMILES string of the molecule is C[C@H](CCc1ccc(O)cc1)NC(=O)NCC[S@](=O)C(C)(C)C. The molecule has 1 aromatic carbocycles. The van der Waals surface area contributed by atoms with E-state index < -0.39 is 10.8 Å². The van der Waals surface area contributed by atoms with Crippen molar-refractivity contribution in [2.75, 3.05) is 12.3 Å². The summed E-state index contributed by atoms with van der Waals surface area (Å²) in [4.78, 5) is 11.8. The van der Waals surface area contributed by atoms with Crippen molar-refractivity contribution in [1.29, 1.82) is 0 Å². The fourth-order valence-corrected chi connectivity index (χ4v) is 2.86. The normalized spacial score (nSPS) is 14.1. The van der Waals surface area contributed by atoms with Gasteiger partial charge in [0.15, 0.2) is 0 Å². The molecule has 6 heteroatoms. The lowest BCUT2D eigenvalue weighted by atomic mass is 10.1. The summed E-state index contributed by atoms with van der Waals surface area (Å²) in [7, 11) is -0.960. The van der Waals surface area contributed by atoms with E-state index in [9.17, 15) is 14.1 Å². The third-order valence-corrected chi connectivity index (χ3v) is 5.38. The molecule has 0 heterocycles. The number of hydrogen-bond donors (Lipinski definition) is 3. The summed E-state index contributed by atoms with van der Waals surface area (Å²) >= 11 is 0. The summed E-state index contributed by atoms with van der Waals surface area (Å²) in [5.74, 6) is 0.714. The van der Waals surface area contributed by atoms with Crippen LogP contribution in [0.4, 0.5) is 4.79 Å². The number of urea groups is 1. The van der Waals surface area contributed by atoms with Gasteiger partial charge in [-0.25, -0.2) is 4.79 Å². The van der Waals surface area contributed by atoms with E-state index in [1.807, 2.05) is 39.8 Å². The Kier molecular flexibility index (Phi) is 7.55. The zero-order valence-corrected chi connectivity index (χ0v) is 15.2. The molecule has 0 saturated carbocycles. The van der Waals surface area contributed by atoms with E-state index in [1.165, 1.54) is 0 Å². The van der Waals surface area contributed by atoms with E-state index >= 15 is 0 Å². The third kappa shape index (κ3) is 8.02. The predicted molar refractivity (Wildman–Crippen MR) is 95.2 cm³/mol. The molecule has 0 aromatic heterocycles. The molecule has 0 spiro atoms. The van der Waals surface area contributed by atoms with Crippen molar-refractivity contribution in [3.05, 3.63) is 29.8 Å². The maximum Gasteiger partial charge on any atom is 0.315 e. The summed E-state index contributed by atoms with van der Waals surface area (Å²) in [6, 6.07) is 6.89. The molecule has 0 aliphatic rings. The number of phenols is 1. The Labute approximate surface area is 141 Å². The van der Waals surface area contributed by atoms with Gasteiger partial charge in [-0.05, 0) is 58.2 Å². The molecule has 23 heavy (non-hydrogen) atoms. The molecular formula is C17H28N2O3S. The monoisotopic (exact) mass is 340 g/mol. The third-order valence-electron chi connectivity index (χ3n) is 3.44. The van der Waals surface area contributed by atoms with Crippen molar-refractivity contribution in [1.82, 2.24) is 10.6 Å². The summed E-state index contributed by atoms with van der Waals surface area (Å²) in [6.07, 6.45) is 1.64. The number of aryl methyl sites for hydroxylation is 1. The molecule has 0 aliphatic heterocycles. The Morgan fingerprint density at radius 1 is 1.26 bits per heavy atom. The number of rotatable bonds is 7. The van der Waals surface area contributed by atoms with Crippen molar-refractivity contribution in [2.24, 2.45) is 0 Å². The van der Waals surface area contributed by atoms with Gasteiger partial charge in [-0.3, -0.25) is 4.21 Å². The number of nitrogens with one attached hydrogen (secondary N) is 2. The van der Waals surface area contributed by atoms with Crippen LogP contribution in [0, 0.1) is 0 Å². The Morgan fingerprint density at radius 3 is 2.43 bits per heavy atom. The van der Waals surface area contributed by atoms with Crippen LogP contribution in [0.5, 0.6) is 5.75 Å². The predicted octanol–water partition coefficient (Wildman–Crippen LogP) is 2.56. The van der Waals surface area contributed by atoms with Gasteiger partial charge in [0.1, 0.15) is 5.75 Å². The topological polar surface area (TPSA) is 78.4 Å². The summed E-state index contributed by atoms with van der Waals surface area (Å²) in [5, 5.41) is 14.9. The Hall–Kier alpha value is -1.56. The largest absolute Gasteiger partial charge is 0.508 e. The number of carbonyl (C=O) groups is 1. The number of hydrogen-bond acceptors (Lipinski definition) is 3. The Morgan fingerprint density at radius 2 is 1.87 bits per heavy atom. The molecule has 0 aliphatic carbocycles. The summed E-state index contributed by atoms with van der Waals surface area (Å²) in [6.45, 7) is 8.13. The maximum absolute atomic E-state index is 11.9. The molecule has 2 amide bonds. The van der Waals surface area contributed by atoms with Gasteiger partial charge >= 0.3 is 6.03 Å². The second kappa shape index (κ2) is 8.91. The van der Waals surface area contributed by atoms with Crippen LogP contribution in [0.25, 0.3) is 0 Å². The molecule has 130 valence electrons. The first-order valence-corrected chi connectivity index (χ1v) is 9.21. The minimum absolute atomic E-state index is 0.0388. The van der Waals surface area contributed by atoms with Gasteiger partial charge in [0.2, 0.25) is 0 Å². The van der Waals surface area contributed by atoms with Crippen molar-refractivity contribution in [3.63, 3.8) is 0 Å². The highest BCUT2D eigenvalue weighted by atomic mass is 32.2. The summed E-state index contributed by atoms with van der Waals surface area (Å²) < 4.78 is 11.6. The minimum Gasteiger partial charge on any atom is -0.508 e. The highest BCUT2D eigenvalue weighted by molar-refractivity contribution is 7.86. The van der Waals surface area contributed by atoms with Crippen LogP contribution in [0.2, 0.25) is 0 Å². The second-order valence-electron chi connectivity index (χ2n) is 6.67. The van der Waals surface area contributed by atoms with Crippen molar-refractivity contribution in [3.8, 4) is 5.75 Å². The molecular weight excluding hydrogens is 312 g/mol. The summed E-state index contributed by atoms with van der Waals surface area (Å²) in [5.41, 5.74) is 1.12. The first-order valence-electron chi connectivity index (χ1n) is 7.89. The zero-order valence-electron chi connectivity index (χ0n) is 14.4. The van der Waals surface area contributed by atoms with Crippen LogP contribution in [-0.4, -0.2) is 38.4 Å². The van der Waals surface area contributed by atoms with Gasteiger partial charge in [0.25, 0.3) is 0 Å². The van der Waals surface area contributed by atoms with Gasteiger partial charge in [-0.1, -0.05) is 12.1 Å². The number of amides is 2. The number of aromatic hydroxyl groups is 1. The van der Waals surface area contributed by atoms with E-state index in [0.717, 1.165) is 18.4 Å². The van der Waals surface area contributed by atoms with Gasteiger partial charge in [0, 0.05) is 33.9 Å². The molecule has 0 unspecified atom stereocenters. The number of phenolic OH excluding ortho intramolecular Hbond substituents is 1. The lowest BCUT2D eigenvalue weighted by Gasteiger charge is -2.18. The molecule has 3 N–H and O–H groups in total. The van der Waals surface area contributed by atoms with Crippen LogP contribution < -0.4 is 10.6 Å². The average molecular weight is 340 g/mol. The van der Waals surface area contributed by atoms with E-state index in [0.29, 0.717) is 12.3 Å². The standard InChI is InChI=1S/C17H28N2O3S/c1-13(5-6-14-7-9-15(20)10-8-14)19-16(21)18-11-12-23(22)17(2,3)4/h7-10,13,20H,5-6,11-12H2,1-4H3,(H2,18,19,21)/t13-,23+/m1/s1. The van der Waals surface area contributed by atoms with Gasteiger partial charge in [-0.15, -0.1) is 0 Å². The van der Waals surface area contributed by atoms with Crippen LogP contribution >= 0.6 is 0 Å². The smallest absolute Gasteiger partial charge is 0.315 e. The lowest BCUT2D eigenvalue weighted by Crippen LogP contribution is -2.43. The molecule has 1 aromatic rings. The van der Waals surface area contributed by atoms with Crippen LogP contribution in [0.3, 0.4) is 0 Å². The molecule has 0 fully saturated rings. The quantitative estimate of drug-likeness (QED) is 0.714. The second-order valence-corrected chi connectivity index (χ2v) is 8.99.